The van der Waals surface area contributed by atoms with E-state index >= 15 is 0 Å². The van der Waals surface area contributed by atoms with Gasteiger partial charge in [0.1, 0.15) is 11.8 Å². The van der Waals surface area contributed by atoms with Crippen molar-refractivity contribution in [2.45, 2.75) is 49.6 Å². The fraction of sp³-hybridized carbons (Fsp3) is 0.455. The van der Waals surface area contributed by atoms with Crippen molar-refractivity contribution >= 4 is 21.8 Å². The minimum absolute atomic E-state index is 0.0466. The minimum Gasteiger partial charge on any atom is -0.456 e. The van der Waals surface area contributed by atoms with E-state index in [0.717, 1.165) is 0 Å². The minimum atomic E-state index is -3.71. The van der Waals surface area contributed by atoms with Gasteiger partial charge in [-0.25, -0.2) is 8.42 Å². The van der Waals surface area contributed by atoms with Gasteiger partial charge >= 0.3 is 0 Å². The molecule has 9 heteroatoms. The lowest BCUT2D eigenvalue weighted by Crippen LogP contribution is -2.52. The molecule has 0 aliphatic carbocycles. The first kappa shape index (κ1) is 21.6. The monoisotopic (exact) mass is 445 g/mol. The number of hydrogen-bond acceptors (Lipinski definition) is 5. The summed E-state index contributed by atoms with van der Waals surface area (Å²) in [5.41, 5.74) is 0. The number of rotatable bonds is 5. The molecule has 8 nitrogen and oxygen atoms in total. The van der Waals surface area contributed by atoms with E-state index in [2.05, 4.69) is 5.32 Å². The maximum Gasteiger partial charge on any atom is 0.287 e. The Morgan fingerprint density at radius 3 is 2.35 bits per heavy atom. The molecule has 1 unspecified atom stereocenters. The fourth-order valence-corrected chi connectivity index (χ4v) is 5.94. The summed E-state index contributed by atoms with van der Waals surface area (Å²) < 4.78 is 32.8. The number of carbonyl (C=O) groups is 2. The maximum absolute atomic E-state index is 13.2. The summed E-state index contributed by atoms with van der Waals surface area (Å²) in [6, 6.07) is 10.9. The van der Waals surface area contributed by atoms with Crippen LogP contribution in [-0.2, 0) is 14.8 Å². The van der Waals surface area contributed by atoms with Crippen molar-refractivity contribution in [1.29, 1.82) is 0 Å². The lowest BCUT2D eigenvalue weighted by molar-refractivity contribution is -0.135. The van der Waals surface area contributed by atoms with Crippen molar-refractivity contribution in [3.8, 4) is 0 Å². The number of nitrogens with zero attached hydrogens (tertiary/aromatic N) is 2. The average molecular weight is 446 g/mol. The molecule has 0 bridgehead atoms. The van der Waals surface area contributed by atoms with Gasteiger partial charge in [-0.15, -0.1) is 0 Å². The number of furan rings is 1. The molecule has 3 heterocycles. The molecule has 0 saturated carbocycles. The van der Waals surface area contributed by atoms with E-state index in [1.165, 1.54) is 4.31 Å². The molecule has 2 aliphatic rings. The Hall–Kier alpha value is -2.65. The number of nitrogens with one attached hydrogen (secondary N) is 1. The van der Waals surface area contributed by atoms with Crippen molar-refractivity contribution in [2.75, 3.05) is 19.6 Å². The quantitative estimate of drug-likeness (QED) is 0.760. The van der Waals surface area contributed by atoms with Gasteiger partial charge in [0.2, 0.25) is 15.9 Å². The van der Waals surface area contributed by atoms with Crippen molar-refractivity contribution in [3.05, 3.63) is 54.0 Å². The lowest BCUT2D eigenvalue weighted by atomic mass is 10.0. The molecule has 2 fully saturated rings. The van der Waals surface area contributed by atoms with Crippen molar-refractivity contribution in [3.63, 3.8) is 0 Å². The van der Waals surface area contributed by atoms with Crippen LogP contribution in [0, 0.1) is 6.92 Å². The molecule has 2 aliphatic heterocycles. The van der Waals surface area contributed by atoms with Crippen molar-refractivity contribution in [1.82, 2.24) is 14.5 Å². The number of likely N-dealkylation sites (tertiary alicyclic amines) is 1. The van der Waals surface area contributed by atoms with E-state index in [-0.39, 0.29) is 28.5 Å². The molecular weight excluding hydrogens is 418 g/mol. The molecule has 2 saturated heterocycles. The highest BCUT2D eigenvalue weighted by atomic mass is 32.2. The number of piperidine rings is 1. The standard InChI is InChI=1S/C22H27N3O5S/c1-16-9-10-20(30-16)21(26)23-17-11-14-24(15-12-17)22(27)19-8-5-13-25(19)31(28,29)18-6-3-2-4-7-18/h2-4,6-7,9-10,17,19H,5,8,11-15H2,1H3,(H,23,26). The second kappa shape index (κ2) is 8.84. The smallest absolute Gasteiger partial charge is 0.287 e. The van der Waals surface area contributed by atoms with Crippen LogP contribution < -0.4 is 5.32 Å². The third-order valence-corrected chi connectivity index (χ3v) is 7.87. The first-order valence-electron chi connectivity index (χ1n) is 10.6. The van der Waals surface area contributed by atoms with Crippen molar-refractivity contribution in [2.24, 2.45) is 0 Å². The Balaban J connectivity index is 1.36. The first-order chi connectivity index (χ1) is 14.9. The fourth-order valence-electron chi connectivity index (χ4n) is 4.27. The van der Waals surface area contributed by atoms with Crippen LogP contribution in [0.4, 0.5) is 0 Å². The average Bonchev–Trinajstić information content (AvgIpc) is 3.44. The highest BCUT2D eigenvalue weighted by Gasteiger charge is 2.41. The summed E-state index contributed by atoms with van der Waals surface area (Å²) in [5, 5.41) is 2.96. The van der Waals surface area contributed by atoms with E-state index in [4.69, 9.17) is 4.42 Å². The molecule has 1 atom stereocenters. The van der Waals surface area contributed by atoms with Gasteiger partial charge in [0, 0.05) is 25.7 Å². The Labute approximate surface area is 182 Å². The number of amides is 2. The molecule has 0 radical (unpaired) electrons. The summed E-state index contributed by atoms with van der Waals surface area (Å²) in [5.74, 6) is 0.554. The molecule has 166 valence electrons. The lowest BCUT2D eigenvalue weighted by Gasteiger charge is -2.35. The van der Waals surface area contributed by atoms with Gasteiger partial charge in [-0.1, -0.05) is 18.2 Å². The maximum atomic E-state index is 13.2. The van der Waals surface area contributed by atoms with Crippen LogP contribution in [0.1, 0.15) is 42.0 Å². The van der Waals surface area contributed by atoms with Crippen LogP contribution in [-0.4, -0.2) is 61.2 Å². The molecule has 0 spiro atoms. The predicted octanol–water partition coefficient (Wildman–Crippen LogP) is 2.16. The Morgan fingerprint density at radius 1 is 1.00 bits per heavy atom. The molecule has 1 aromatic carbocycles. The molecule has 2 amide bonds. The van der Waals surface area contributed by atoms with E-state index < -0.39 is 16.1 Å². The topological polar surface area (TPSA) is 99.9 Å². The van der Waals surface area contributed by atoms with E-state index in [1.807, 2.05) is 0 Å². The summed E-state index contributed by atoms with van der Waals surface area (Å²) in [6.07, 6.45) is 2.43. The Kier molecular flexibility index (Phi) is 6.15. The van der Waals surface area contributed by atoms with Gasteiger partial charge in [-0.2, -0.15) is 4.31 Å². The van der Waals surface area contributed by atoms with Crippen LogP contribution >= 0.6 is 0 Å². The molecule has 2 aromatic rings. The second-order valence-corrected chi connectivity index (χ2v) is 9.96. The highest BCUT2D eigenvalue weighted by molar-refractivity contribution is 7.89. The van der Waals surface area contributed by atoms with Gasteiger partial charge < -0.3 is 14.6 Å². The number of aryl methyl sites for hydroxylation is 1. The number of benzene rings is 1. The summed E-state index contributed by atoms with van der Waals surface area (Å²) in [7, 11) is -3.71. The van der Waals surface area contributed by atoms with Gasteiger partial charge in [0.25, 0.3) is 5.91 Å². The van der Waals surface area contributed by atoms with Gasteiger partial charge in [-0.05, 0) is 56.9 Å². The highest BCUT2D eigenvalue weighted by Crippen LogP contribution is 2.28. The largest absolute Gasteiger partial charge is 0.456 e. The normalized spacial score (nSPS) is 20.7. The summed E-state index contributed by atoms with van der Waals surface area (Å²) in [6.45, 7) is 3.10. The zero-order valence-corrected chi connectivity index (χ0v) is 18.3. The van der Waals surface area contributed by atoms with Crippen LogP contribution in [0.5, 0.6) is 0 Å². The van der Waals surface area contributed by atoms with Crippen LogP contribution in [0.3, 0.4) is 0 Å². The van der Waals surface area contributed by atoms with Gasteiger partial charge in [0.15, 0.2) is 5.76 Å². The summed E-state index contributed by atoms with van der Waals surface area (Å²) in [4.78, 5) is 27.4. The summed E-state index contributed by atoms with van der Waals surface area (Å²) >= 11 is 0. The molecule has 1 N–H and O–H groups in total. The third kappa shape index (κ3) is 4.52. The SMILES string of the molecule is Cc1ccc(C(=O)NC2CCN(C(=O)C3CCCN3S(=O)(=O)c3ccccc3)CC2)o1. The zero-order chi connectivity index (χ0) is 22.0. The van der Waals surface area contributed by atoms with Crippen LogP contribution in [0.25, 0.3) is 0 Å². The van der Waals surface area contributed by atoms with Crippen molar-refractivity contribution < 1.29 is 22.4 Å². The van der Waals surface area contributed by atoms with Gasteiger partial charge in [-0.3, -0.25) is 9.59 Å². The third-order valence-electron chi connectivity index (χ3n) is 5.94. The zero-order valence-electron chi connectivity index (χ0n) is 17.5. The number of sulfonamides is 1. The second-order valence-electron chi connectivity index (χ2n) is 8.07. The molecular formula is C22H27N3O5S. The molecule has 31 heavy (non-hydrogen) atoms. The Morgan fingerprint density at radius 2 is 1.71 bits per heavy atom. The van der Waals surface area contributed by atoms with E-state index in [9.17, 15) is 18.0 Å². The van der Waals surface area contributed by atoms with E-state index in [0.29, 0.717) is 51.1 Å². The first-order valence-corrected chi connectivity index (χ1v) is 12.0. The van der Waals surface area contributed by atoms with Gasteiger partial charge in [0.05, 0.1) is 4.90 Å². The predicted molar refractivity (Wildman–Crippen MR) is 114 cm³/mol. The molecule has 4 rings (SSSR count). The molecule has 1 aromatic heterocycles. The van der Waals surface area contributed by atoms with Crippen LogP contribution in [0.15, 0.2) is 51.8 Å². The van der Waals surface area contributed by atoms with E-state index in [1.54, 1.807) is 54.3 Å². The van der Waals surface area contributed by atoms with Crippen LogP contribution in [0.2, 0.25) is 0 Å². The number of hydrogen-bond donors (Lipinski definition) is 1. The Bertz CT molecular complexity index is 1040. The number of carbonyl (C=O) groups excluding carboxylic acids is 2.